The van der Waals surface area contributed by atoms with Gasteiger partial charge in [0.15, 0.2) is 11.6 Å². The second kappa shape index (κ2) is 6.51. The van der Waals surface area contributed by atoms with Gasteiger partial charge in [-0.05, 0) is 24.2 Å². The Morgan fingerprint density at radius 3 is 2.71 bits per heavy atom. The molecule has 1 rings (SSSR count). The summed E-state index contributed by atoms with van der Waals surface area (Å²) in [6, 6.07) is 4.93. The van der Waals surface area contributed by atoms with Crippen molar-refractivity contribution in [1.82, 2.24) is 4.90 Å². The number of hydrogen-bond acceptors (Lipinski definition) is 3. The monoisotopic (exact) mass is 256 g/mol. The average Bonchev–Trinajstić information content (AvgIpc) is 2.27. The highest BCUT2D eigenvalue weighted by Crippen LogP contribution is 2.18. The summed E-state index contributed by atoms with van der Waals surface area (Å²) >= 11 is 4.86. The summed E-state index contributed by atoms with van der Waals surface area (Å²) in [5, 5.41) is 0. The molecule has 0 fully saturated rings. The molecular formula is C12H17FN2OS. The second-order valence-corrected chi connectivity index (χ2v) is 4.26. The molecule has 1 aromatic rings. The number of methoxy groups -OCH3 is 1. The molecule has 0 amide bonds. The zero-order valence-electron chi connectivity index (χ0n) is 10.1. The zero-order chi connectivity index (χ0) is 12.8. The molecular weight excluding hydrogens is 239 g/mol. The SMILES string of the molecule is CCN(CC(N)=S)Cc1ccc(OC)c(F)c1. The molecule has 2 N–H and O–H groups in total. The summed E-state index contributed by atoms with van der Waals surface area (Å²) < 4.78 is 18.3. The van der Waals surface area contributed by atoms with Gasteiger partial charge in [-0.15, -0.1) is 0 Å². The Labute approximate surface area is 106 Å². The quantitative estimate of drug-likeness (QED) is 0.790. The van der Waals surface area contributed by atoms with Gasteiger partial charge in [-0.3, -0.25) is 4.90 Å². The topological polar surface area (TPSA) is 38.5 Å². The third-order valence-corrected chi connectivity index (χ3v) is 2.58. The molecule has 0 radical (unpaired) electrons. The van der Waals surface area contributed by atoms with Crippen molar-refractivity contribution in [2.45, 2.75) is 13.5 Å². The third-order valence-electron chi connectivity index (χ3n) is 2.45. The summed E-state index contributed by atoms with van der Waals surface area (Å²) in [4.78, 5) is 2.49. The highest BCUT2D eigenvalue weighted by atomic mass is 32.1. The average molecular weight is 256 g/mol. The summed E-state index contributed by atoms with van der Waals surface area (Å²) in [6.45, 7) is 3.98. The molecule has 3 nitrogen and oxygen atoms in total. The van der Waals surface area contributed by atoms with Crippen LogP contribution in [0.1, 0.15) is 12.5 Å². The van der Waals surface area contributed by atoms with E-state index in [0.29, 0.717) is 18.1 Å². The first kappa shape index (κ1) is 13.9. The number of ether oxygens (including phenoxy) is 1. The standard InChI is InChI=1S/C12H17FN2OS/c1-3-15(8-12(14)17)7-9-4-5-11(16-2)10(13)6-9/h4-6H,3,7-8H2,1-2H3,(H2,14,17). The van der Waals surface area contributed by atoms with Crippen LogP contribution >= 0.6 is 12.2 Å². The van der Waals surface area contributed by atoms with Crippen molar-refractivity contribution in [2.24, 2.45) is 5.73 Å². The fourth-order valence-corrected chi connectivity index (χ4v) is 1.75. The summed E-state index contributed by atoms with van der Waals surface area (Å²) in [5.74, 6) is -0.0949. The van der Waals surface area contributed by atoms with Crippen molar-refractivity contribution < 1.29 is 9.13 Å². The lowest BCUT2D eigenvalue weighted by Crippen LogP contribution is -2.32. The van der Waals surface area contributed by atoms with Gasteiger partial charge in [0, 0.05) is 13.1 Å². The molecule has 0 unspecified atom stereocenters. The van der Waals surface area contributed by atoms with Crippen molar-refractivity contribution in [2.75, 3.05) is 20.2 Å². The van der Waals surface area contributed by atoms with Gasteiger partial charge in [0.25, 0.3) is 0 Å². The van der Waals surface area contributed by atoms with Crippen LogP contribution in [0.25, 0.3) is 0 Å². The normalized spacial score (nSPS) is 10.6. The minimum atomic E-state index is -0.351. The van der Waals surface area contributed by atoms with Crippen LogP contribution in [0.5, 0.6) is 5.75 Å². The lowest BCUT2D eigenvalue weighted by Gasteiger charge is -2.19. The van der Waals surface area contributed by atoms with Gasteiger partial charge in [0.1, 0.15) is 0 Å². The number of rotatable bonds is 6. The summed E-state index contributed by atoms with van der Waals surface area (Å²) in [5.41, 5.74) is 6.37. The number of nitrogens with zero attached hydrogens (tertiary/aromatic N) is 1. The van der Waals surface area contributed by atoms with E-state index in [0.717, 1.165) is 12.1 Å². The van der Waals surface area contributed by atoms with E-state index < -0.39 is 0 Å². The third kappa shape index (κ3) is 4.28. The van der Waals surface area contributed by atoms with Crippen LogP contribution in [0.4, 0.5) is 4.39 Å². The van der Waals surface area contributed by atoms with E-state index in [-0.39, 0.29) is 11.6 Å². The number of hydrogen-bond donors (Lipinski definition) is 1. The number of nitrogens with two attached hydrogens (primary N) is 1. The van der Waals surface area contributed by atoms with Crippen LogP contribution in [0.15, 0.2) is 18.2 Å². The molecule has 0 heterocycles. The first-order valence-corrected chi connectivity index (χ1v) is 5.80. The van der Waals surface area contributed by atoms with Crippen molar-refractivity contribution >= 4 is 17.2 Å². The van der Waals surface area contributed by atoms with Crippen LogP contribution in [0.2, 0.25) is 0 Å². The molecule has 0 aliphatic rings. The van der Waals surface area contributed by atoms with E-state index in [9.17, 15) is 4.39 Å². The van der Waals surface area contributed by atoms with Gasteiger partial charge in [-0.25, -0.2) is 4.39 Å². The Morgan fingerprint density at radius 2 is 2.24 bits per heavy atom. The van der Waals surface area contributed by atoms with Crippen LogP contribution in [0, 0.1) is 5.82 Å². The molecule has 0 atom stereocenters. The molecule has 1 aromatic carbocycles. The lowest BCUT2D eigenvalue weighted by atomic mass is 10.2. The van der Waals surface area contributed by atoms with Gasteiger partial charge in [-0.1, -0.05) is 25.2 Å². The van der Waals surface area contributed by atoms with E-state index in [1.165, 1.54) is 13.2 Å². The minimum absolute atomic E-state index is 0.256. The smallest absolute Gasteiger partial charge is 0.165 e. The number of likely N-dealkylation sites (N-methyl/N-ethyl adjacent to an activating group) is 1. The Morgan fingerprint density at radius 1 is 1.53 bits per heavy atom. The Hall–Kier alpha value is -1.20. The van der Waals surface area contributed by atoms with Gasteiger partial charge in [0.2, 0.25) is 0 Å². The van der Waals surface area contributed by atoms with Crippen molar-refractivity contribution in [3.63, 3.8) is 0 Å². The first-order chi connectivity index (χ1) is 8.06. The van der Waals surface area contributed by atoms with Gasteiger partial charge in [-0.2, -0.15) is 0 Å². The molecule has 0 bridgehead atoms. The molecule has 5 heteroatoms. The van der Waals surface area contributed by atoms with Crippen LogP contribution in [-0.2, 0) is 6.54 Å². The zero-order valence-corrected chi connectivity index (χ0v) is 10.9. The number of benzene rings is 1. The van der Waals surface area contributed by atoms with Crippen LogP contribution < -0.4 is 10.5 Å². The number of halogens is 1. The van der Waals surface area contributed by atoms with Crippen LogP contribution in [0.3, 0.4) is 0 Å². The van der Waals surface area contributed by atoms with Crippen molar-refractivity contribution in [3.05, 3.63) is 29.6 Å². The first-order valence-electron chi connectivity index (χ1n) is 5.40. The van der Waals surface area contributed by atoms with Crippen molar-refractivity contribution in [3.8, 4) is 5.75 Å². The minimum Gasteiger partial charge on any atom is -0.494 e. The Bertz CT molecular complexity index is 398. The molecule has 0 saturated carbocycles. The molecule has 0 aliphatic carbocycles. The molecule has 0 aromatic heterocycles. The van der Waals surface area contributed by atoms with E-state index in [1.807, 2.05) is 17.9 Å². The van der Waals surface area contributed by atoms with E-state index in [1.54, 1.807) is 6.07 Å². The molecule has 94 valence electrons. The highest BCUT2D eigenvalue weighted by molar-refractivity contribution is 7.80. The molecule has 0 aliphatic heterocycles. The fourth-order valence-electron chi connectivity index (χ4n) is 1.57. The summed E-state index contributed by atoms with van der Waals surface area (Å²) in [6.07, 6.45) is 0. The lowest BCUT2D eigenvalue weighted by molar-refractivity contribution is 0.319. The Kier molecular flexibility index (Phi) is 5.31. The predicted molar refractivity (Wildman–Crippen MR) is 70.7 cm³/mol. The van der Waals surface area contributed by atoms with Crippen LogP contribution in [-0.4, -0.2) is 30.1 Å². The number of thiocarbonyl (C=S) groups is 1. The fraction of sp³-hybridized carbons (Fsp3) is 0.417. The Balaban J connectivity index is 2.73. The van der Waals surface area contributed by atoms with E-state index in [2.05, 4.69) is 0 Å². The molecule has 0 saturated heterocycles. The second-order valence-electron chi connectivity index (χ2n) is 3.74. The maximum Gasteiger partial charge on any atom is 0.165 e. The van der Waals surface area contributed by atoms with Gasteiger partial charge < -0.3 is 10.5 Å². The van der Waals surface area contributed by atoms with Gasteiger partial charge in [0.05, 0.1) is 12.1 Å². The van der Waals surface area contributed by atoms with E-state index in [4.69, 9.17) is 22.7 Å². The molecule has 17 heavy (non-hydrogen) atoms. The van der Waals surface area contributed by atoms with Crippen molar-refractivity contribution in [1.29, 1.82) is 0 Å². The van der Waals surface area contributed by atoms with E-state index >= 15 is 0 Å². The maximum atomic E-state index is 13.5. The maximum absolute atomic E-state index is 13.5. The van der Waals surface area contributed by atoms with Gasteiger partial charge >= 0.3 is 0 Å². The highest BCUT2D eigenvalue weighted by Gasteiger charge is 2.08. The summed E-state index contributed by atoms with van der Waals surface area (Å²) in [7, 11) is 1.45. The molecule has 0 spiro atoms. The largest absolute Gasteiger partial charge is 0.494 e. The predicted octanol–water partition coefficient (Wildman–Crippen LogP) is 1.94.